The van der Waals surface area contributed by atoms with Gasteiger partial charge < -0.3 is 39.0 Å². The molecule has 4 unspecified atom stereocenters. The summed E-state index contributed by atoms with van der Waals surface area (Å²) in [6.07, 6.45) is -9.10. The molecule has 0 aromatic carbocycles. The fourth-order valence-corrected chi connectivity index (χ4v) is 4.89. The number of hydrogen-bond donors (Lipinski definition) is 4. The molecule has 0 radical (unpaired) electrons. The third-order valence-corrected chi connectivity index (χ3v) is 6.31. The van der Waals surface area contributed by atoms with Crippen LogP contribution in [0, 0.1) is 0 Å². The molecule has 152 valence electrons. The van der Waals surface area contributed by atoms with Crippen LogP contribution in [0.5, 0.6) is 0 Å². The highest BCUT2D eigenvalue weighted by atomic mass is 32.2. The van der Waals surface area contributed by atoms with E-state index >= 15 is 0 Å². The van der Waals surface area contributed by atoms with Crippen LogP contribution in [0.4, 0.5) is 0 Å². The Bertz CT molecular complexity index is 598. The zero-order valence-corrected chi connectivity index (χ0v) is 15.1. The summed E-state index contributed by atoms with van der Waals surface area (Å²) in [7, 11) is -3.52. The summed E-state index contributed by atoms with van der Waals surface area (Å²) >= 11 is 0. The topological polar surface area (TPSA) is 161 Å². The lowest BCUT2D eigenvalue weighted by molar-refractivity contribution is -0.308. The van der Waals surface area contributed by atoms with Gasteiger partial charge in [-0.25, -0.2) is 0 Å². The van der Waals surface area contributed by atoms with Gasteiger partial charge in [-0.2, -0.15) is 8.42 Å². The highest BCUT2D eigenvalue weighted by molar-refractivity contribution is 7.86. The van der Waals surface area contributed by atoms with Crippen molar-refractivity contribution in [3.63, 3.8) is 0 Å². The van der Waals surface area contributed by atoms with E-state index in [9.17, 15) is 28.3 Å². The van der Waals surface area contributed by atoms with Crippen LogP contribution in [-0.4, -0.2) is 109 Å². The minimum Gasteiger partial charge on any atom is -0.394 e. The molecule has 3 rings (SSSR count). The summed E-state index contributed by atoms with van der Waals surface area (Å²) in [5.41, 5.74) is 0. The fourth-order valence-electron chi connectivity index (χ4n) is 3.75. The number of hydrogen-bond acceptors (Lipinski definition) is 10. The summed E-state index contributed by atoms with van der Waals surface area (Å²) in [5, 5.41) is 28.4. The summed E-state index contributed by atoms with van der Waals surface area (Å²) in [6.45, 7) is 1.13. The average Bonchev–Trinajstić information content (AvgIpc) is 2.89. The van der Waals surface area contributed by atoms with Gasteiger partial charge in [0.05, 0.1) is 19.3 Å². The van der Waals surface area contributed by atoms with Gasteiger partial charge in [0.25, 0.3) is 10.1 Å². The highest BCUT2D eigenvalue weighted by Gasteiger charge is 2.56. The van der Waals surface area contributed by atoms with Crippen molar-refractivity contribution in [3.8, 4) is 0 Å². The number of rotatable bonds is 5. The molecular formula is C14H24O11S. The molecule has 3 fully saturated rings. The van der Waals surface area contributed by atoms with Gasteiger partial charge in [-0.3, -0.25) is 4.55 Å². The molecule has 3 aliphatic heterocycles. The molecule has 0 saturated carbocycles. The third kappa shape index (κ3) is 3.51. The summed E-state index contributed by atoms with van der Waals surface area (Å²) in [4.78, 5) is 0. The predicted octanol–water partition coefficient (Wildman–Crippen LogP) is -2.73. The smallest absolute Gasteiger partial charge is 0.273 e. The summed E-state index contributed by atoms with van der Waals surface area (Å²) < 4.78 is 59.9. The molecule has 10 atom stereocenters. The Morgan fingerprint density at radius 1 is 1.15 bits per heavy atom. The number of fused-ring (bicyclic) bond motifs is 2. The molecule has 11 nitrogen and oxygen atoms in total. The van der Waals surface area contributed by atoms with Crippen LogP contribution in [0.3, 0.4) is 0 Å². The van der Waals surface area contributed by atoms with Crippen molar-refractivity contribution in [1.82, 2.24) is 0 Å². The highest BCUT2D eigenvalue weighted by Crippen LogP contribution is 2.35. The molecule has 0 spiro atoms. The van der Waals surface area contributed by atoms with Crippen molar-refractivity contribution in [1.29, 1.82) is 0 Å². The number of aliphatic hydroxyl groups is 3. The monoisotopic (exact) mass is 400 g/mol. The van der Waals surface area contributed by atoms with E-state index in [4.69, 9.17) is 23.7 Å². The maximum atomic E-state index is 11.6. The van der Waals surface area contributed by atoms with Gasteiger partial charge in [0.15, 0.2) is 6.29 Å². The van der Waals surface area contributed by atoms with Crippen molar-refractivity contribution < 1.29 is 52.0 Å². The Kier molecular flexibility index (Phi) is 5.90. The minimum absolute atomic E-state index is 0.185. The lowest BCUT2D eigenvalue weighted by Crippen LogP contribution is -2.64. The van der Waals surface area contributed by atoms with Gasteiger partial charge in [0.2, 0.25) is 0 Å². The molecule has 0 aromatic rings. The van der Waals surface area contributed by atoms with E-state index in [0.717, 1.165) is 7.11 Å². The molecule has 4 N–H and O–H groups in total. The van der Waals surface area contributed by atoms with E-state index in [-0.39, 0.29) is 6.61 Å². The molecule has 3 saturated heterocycles. The second kappa shape index (κ2) is 7.54. The Morgan fingerprint density at radius 3 is 2.42 bits per heavy atom. The van der Waals surface area contributed by atoms with Gasteiger partial charge in [-0.05, 0) is 6.92 Å². The van der Waals surface area contributed by atoms with Crippen LogP contribution >= 0.6 is 0 Å². The molecule has 0 aromatic heterocycles. The Hall–Kier alpha value is -0.410. The normalized spacial score (nSPS) is 49.3. The van der Waals surface area contributed by atoms with E-state index in [1.165, 1.54) is 0 Å². The van der Waals surface area contributed by atoms with Crippen molar-refractivity contribution in [3.05, 3.63) is 0 Å². The number of aliphatic hydroxyl groups excluding tert-OH is 3. The number of ether oxygens (including phenoxy) is 5. The van der Waals surface area contributed by atoms with Gasteiger partial charge >= 0.3 is 0 Å². The quantitative estimate of drug-likeness (QED) is 0.355. The second-order valence-electron chi connectivity index (χ2n) is 6.66. The Morgan fingerprint density at radius 2 is 1.85 bits per heavy atom. The first-order valence-electron chi connectivity index (χ1n) is 8.23. The maximum Gasteiger partial charge on any atom is 0.273 e. The third-order valence-electron chi connectivity index (χ3n) is 5.05. The molecular weight excluding hydrogens is 376 g/mol. The second-order valence-corrected chi connectivity index (χ2v) is 8.24. The lowest BCUT2D eigenvalue weighted by atomic mass is 9.97. The SMILES string of the molecule is CO[C@@H]1C(O)[C@H](O[C@H]2C3CO[C@H]2C(O)[C@@H](C)O3)OC(CO)[C@@H]1S(=O)(=O)O. The summed E-state index contributed by atoms with van der Waals surface area (Å²) in [6, 6.07) is 0. The molecule has 3 aliphatic rings. The molecule has 0 aliphatic carbocycles. The molecule has 2 bridgehead atoms. The van der Waals surface area contributed by atoms with Crippen molar-refractivity contribution >= 4 is 10.1 Å². The standard InChI is InChI=1S/C14H24O11S/c1-5-8(16)11-10(7(23-5)4-22-11)25-14-9(17)12(21-2)13(26(18,19)20)6(3-15)24-14/h5-17H,3-4H2,1-2H3,(H,18,19,20)/t5-,6?,7?,8?,9?,10+,11+,12-,13+,14+/m1/s1. The predicted molar refractivity (Wildman–Crippen MR) is 82.8 cm³/mol. The van der Waals surface area contributed by atoms with E-state index in [1.54, 1.807) is 6.92 Å². The van der Waals surface area contributed by atoms with Crippen LogP contribution in [0.1, 0.15) is 6.92 Å². The van der Waals surface area contributed by atoms with E-state index in [1.807, 2.05) is 0 Å². The molecule has 3 heterocycles. The van der Waals surface area contributed by atoms with Crippen LogP contribution in [-0.2, 0) is 33.8 Å². The molecule has 0 amide bonds. The minimum atomic E-state index is -4.68. The zero-order valence-electron chi connectivity index (χ0n) is 14.2. The molecule has 26 heavy (non-hydrogen) atoms. The van der Waals surface area contributed by atoms with Crippen molar-refractivity contribution in [2.24, 2.45) is 0 Å². The van der Waals surface area contributed by atoms with E-state index in [0.29, 0.717) is 0 Å². The first-order valence-corrected chi connectivity index (χ1v) is 9.73. The van der Waals surface area contributed by atoms with Crippen molar-refractivity contribution in [2.45, 2.75) is 67.3 Å². The van der Waals surface area contributed by atoms with Crippen LogP contribution in [0.25, 0.3) is 0 Å². The molecule has 12 heteroatoms. The lowest BCUT2D eigenvalue weighted by Gasteiger charge is -2.44. The zero-order chi connectivity index (χ0) is 19.2. The maximum absolute atomic E-state index is 11.6. The van der Waals surface area contributed by atoms with Crippen LogP contribution in [0.15, 0.2) is 0 Å². The first kappa shape index (κ1) is 20.3. The van der Waals surface area contributed by atoms with Crippen LogP contribution in [0.2, 0.25) is 0 Å². The van der Waals surface area contributed by atoms with Crippen LogP contribution < -0.4 is 0 Å². The average molecular weight is 400 g/mol. The Labute approximate surface area is 150 Å². The Balaban J connectivity index is 1.79. The first-order chi connectivity index (χ1) is 12.2. The number of methoxy groups -OCH3 is 1. The largest absolute Gasteiger partial charge is 0.394 e. The summed E-state index contributed by atoms with van der Waals surface area (Å²) in [5.74, 6) is 0. The van der Waals surface area contributed by atoms with Gasteiger partial charge in [-0.15, -0.1) is 0 Å². The van der Waals surface area contributed by atoms with E-state index in [2.05, 4.69) is 0 Å². The van der Waals surface area contributed by atoms with E-state index < -0.39 is 77.1 Å². The fraction of sp³-hybridized carbons (Fsp3) is 1.00. The van der Waals surface area contributed by atoms with Gasteiger partial charge in [0.1, 0.15) is 48.0 Å². The van der Waals surface area contributed by atoms with Crippen molar-refractivity contribution in [2.75, 3.05) is 20.3 Å². The van der Waals surface area contributed by atoms with Gasteiger partial charge in [-0.1, -0.05) is 0 Å². The van der Waals surface area contributed by atoms with Gasteiger partial charge in [0, 0.05) is 7.11 Å².